The molecular formula is C15H22O5Si. The molecule has 5 nitrogen and oxygen atoms in total. The summed E-state index contributed by atoms with van der Waals surface area (Å²) in [4.78, 5) is 10.4. The molecule has 1 saturated heterocycles. The minimum absolute atomic E-state index is 0.00849. The molecular weight excluding hydrogens is 288 g/mol. The lowest BCUT2D eigenvalue weighted by molar-refractivity contribution is 0.143. The quantitative estimate of drug-likeness (QED) is 0.401. The van der Waals surface area contributed by atoms with Crippen molar-refractivity contribution in [2.75, 3.05) is 13.7 Å². The third-order valence-corrected chi connectivity index (χ3v) is 4.25. The molecule has 21 heavy (non-hydrogen) atoms. The van der Waals surface area contributed by atoms with Crippen LogP contribution in [0, 0.1) is 0 Å². The summed E-state index contributed by atoms with van der Waals surface area (Å²) in [6.07, 6.45) is 3.85. The number of methoxy groups -OCH3 is 1. The minimum Gasteiger partial charge on any atom is -0.493 e. The van der Waals surface area contributed by atoms with Crippen LogP contribution in [0.3, 0.4) is 0 Å². The summed E-state index contributed by atoms with van der Waals surface area (Å²) < 4.78 is 14.8. The Morgan fingerprint density at radius 2 is 2.29 bits per heavy atom. The first kappa shape index (κ1) is 17.3. The Morgan fingerprint density at radius 1 is 1.48 bits per heavy atom. The first-order chi connectivity index (χ1) is 10.2. The van der Waals surface area contributed by atoms with E-state index in [4.69, 9.17) is 14.3 Å². The van der Waals surface area contributed by atoms with Crippen molar-refractivity contribution in [2.45, 2.75) is 25.3 Å². The fourth-order valence-corrected chi connectivity index (χ4v) is 3.04. The van der Waals surface area contributed by atoms with Crippen molar-refractivity contribution in [3.8, 4) is 11.5 Å². The largest absolute Gasteiger partial charge is 0.511 e. The lowest BCUT2D eigenvalue weighted by Crippen LogP contribution is -2.06. The van der Waals surface area contributed by atoms with Gasteiger partial charge in [0.05, 0.1) is 7.11 Å². The number of carbonyl (C=O) groups is 1. The Hall–Kier alpha value is -1.79. The molecule has 0 radical (unpaired) electrons. The molecule has 6 heteroatoms. The predicted octanol–water partition coefficient (Wildman–Crippen LogP) is 2.78. The van der Waals surface area contributed by atoms with Gasteiger partial charge < -0.3 is 19.0 Å². The molecule has 1 N–H and O–H groups in total. The van der Waals surface area contributed by atoms with E-state index in [0.29, 0.717) is 12.2 Å². The number of hydrogen-bond donors (Lipinski definition) is 1. The van der Waals surface area contributed by atoms with E-state index >= 15 is 0 Å². The SMILES string of the molecule is C1CC[SiH2]OC1.C=CCc1ccc(OC(=O)O)c(OC)c1. The fraction of sp³-hybridized carbons (Fsp3) is 0.400. The standard InChI is InChI=1S/C11H12O4.C4H10OSi/c1-3-4-8-5-6-9(15-11(12)13)10(7-8)14-2;1-2-4-6-5-3-1/h3,5-7H,1,4H2,2H3,(H,12,13);1-4,6H2. The Bertz CT molecular complexity index is 446. The monoisotopic (exact) mass is 310 g/mol. The zero-order valence-corrected chi connectivity index (χ0v) is 13.8. The van der Waals surface area contributed by atoms with E-state index in [-0.39, 0.29) is 15.5 Å². The molecule has 1 fully saturated rings. The number of benzene rings is 1. The highest BCUT2D eigenvalue weighted by atomic mass is 28.2. The van der Waals surface area contributed by atoms with E-state index in [0.717, 1.165) is 12.2 Å². The van der Waals surface area contributed by atoms with E-state index in [1.165, 1.54) is 26.0 Å². The molecule has 0 atom stereocenters. The molecule has 1 aliphatic heterocycles. The molecule has 0 aromatic heterocycles. The Morgan fingerprint density at radius 3 is 2.71 bits per heavy atom. The molecule has 0 bridgehead atoms. The second-order valence-electron chi connectivity index (χ2n) is 4.52. The van der Waals surface area contributed by atoms with E-state index < -0.39 is 6.16 Å². The van der Waals surface area contributed by atoms with Gasteiger partial charge in [-0.1, -0.05) is 18.6 Å². The average molecular weight is 310 g/mol. The van der Waals surface area contributed by atoms with E-state index in [2.05, 4.69) is 11.3 Å². The number of ether oxygens (including phenoxy) is 2. The third-order valence-electron chi connectivity index (χ3n) is 2.88. The highest BCUT2D eigenvalue weighted by molar-refractivity contribution is 6.27. The summed E-state index contributed by atoms with van der Waals surface area (Å²) in [6.45, 7) is 4.68. The van der Waals surface area contributed by atoms with Crippen molar-refractivity contribution in [2.24, 2.45) is 0 Å². The Kier molecular flexibility index (Phi) is 8.23. The normalized spacial score (nSPS) is 14.7. The Labute approximate surface area is 127 Å². The molecule has 116 valence electrons. The molecule has 0 aliphatic carbocycles. The smallest absolute Gasteiger partial charge is 0.493 e. The van der Waals surface area contributed by atoms with Gasteiger partial charge in [-0.25, -0.2) is 4.79 Å². The van der Waals surface area contributed by atoms with Crippen LogP contribution in [0.5, 0.6) is 11.5 Å². The maximum atomic E-state index is 10.4. The topological polar surface area (TPSA) is 65.0 Å². The molecule has 2 rings (SSSR count). The predicted molar refractivity (Wildman–Crippen MR) is 84.1 cm³/mol. The fourth-order valence-electron chi connectivity index (χ4n) is 1.87. The van der Waals surface area contributed by atoms with Crippen molar-refractivity contribution >= 4 is 15.9 Å². The maximum Gasteiger partial charge on any atom is 0.511 e. The summed E-state index contributed by atoms with van der Waals surface area (Å²) >= 11 is 0. The molecule has 1 heterocycles. The second kappa shape index (κ2) is 10.0. The van der Waals surface area contributed by atoms with Gasteiger partial charge >= 0.3 is 6.16 Å². The molecule has 0 amide bonds. The van der Waals surface area contributed by atoms with Gasteiger partial charge in [0.15, 0.2) is 21.3 Å². The van der Waals surface area contributed by atoms with Crippen molar-refractivity contribution in [1.82, 2.24) is 0 Å². The van der Waals surface area contributed by atoms with Gasteiger partial charge in [-0.3, -0.25) is 0 Å². The van der Waals surface area contributed by atoms with Crippen LogP contribution in [0.2, 0.25) is 6.04 Å². The van der Waals surface area contributed by atoms with Crippen LogP contribution in [-0.4, -0.2) is 34.7 Å². The molecule has 1 aromatic carbocycles. The van der Waals surface area contributed by atoms with Crippen LogP contribution in [0.4, 0.5) is 4.79 Å². The maximum absolute atomic E-state index is 10.4. The zero-order valence-electron chi connectivity index (χ0n) is 12.3. The molecule has 0 saturated carbocycles. The highest BCUT2D eigenvalue weighted by Crippen LogP contribution is 2.28. The van der Waals surface area contributed by atoms with Gasteiger partial charge in [0.25, 0.3) is 0 Å². The van der Waals surface area contributed by atoms with Crippen LogP contribution >= 0.6 is 0 Å². The van der Waals surface area contributed by atoms with Crippen LogP contribution in [0.1, 0.15) is 18.4 Å². The summed E-state index contributed by atoms with van der Waals surface area (Å²) in [5.41, 5.74) is 0.986. The summed E-state index contributed by atoms with van der Waals surface area (Å²) in [6, 6.07) is 6.47. The lowest BCUT2D eigenvalue weighted by Gasteiger charge is -2.08. The third kappa shape index (κ3) is 6.96. The molecule has 1 aromatic rings. The summed E-state index contributed by atoms with van der Waals surface area (Å²) in [5.74, 6) is 0.592. The van der Waals surface area contributed by atoms with E-state index in [1.807, 2.05) is 0 Å². The van der Waals surface area contributed by atoms with Gasteiger partial charge in [0, 0.05) is 6.61 Å². The molecule has 0 spiro atoms. The van der Waals surface area contributed by atoms with Crippen LogP contribution < -0.4 is 9.47 Å². The van der Waals surface area contributed by atoms with Crippen LogP contribution in [0.15, 0.2) is 30.9 Å². The lowest BCUT2D eigenvalue weighted by atomic mass is 10.1. The van der Waals surface area contributed by atoms with Crippen LogP contribution in [-0.2, 0) is 10.8 Å². The number of allylic oxidation sites excluding steroid dienone is 1. The summed E-state index contributed by atoms with van der Waals surface area (Å²) in [5, 5.41) is 8.47. The molecule has 1 aliphatic rings. The molecule has 0 unspecified atom stereocenters. The Balaban J connectivity index is 0.000000304. The van der Waals surface area contributed by atoms with Crippen LogP contribution in [0.25, 0.3) is 0 Å². The first-order valence-corrected chi connectivity index (χ1v) is 8.51. The number of rotatable bonds is 4. The number of carboxylic acid groups (broad SMARTS) is 1. The van der Waals surface area contributed by atoms with Gasteiger partial charge in [0.1, 0.15) is 0 Å². The van der Waals surface area contributed by atoms with E-state index in [9.17, 15) is 4.79 Å². The van der Waals surface area contributed by atoms with Gasteiger partial charge in [-0.2, -0.15) is 0 Å². The zero-order chi connectivity index (χ0) is 15.5. The average Bonchev–Trinajstić information content (AvgIpc) is 2.51. The van der Waals surface area contributed by atoms with Gasteiger partial charge in [-0.05, 0) is 36.6 Å². The van der Waals surface area contributed by atoms with Gasteiger partial charge in [0.2, 0.25) is 0 Å². The van der Waals surface area contributed by atoms with Crippen molar-refractivity contribution < 1.29 is 23.8 Å². The first-order valence-electron chi connectivity index (χ1n) is 6.93. The van der Waals surface area contributed by atoms with Crippen molar-refractivity contribution in [3.05, 3.63) is 36.4 Å². The van der Waals surface area contributed by atoms with Gasteiger partial charge in [-0.15, -0.1) is 6.58 Å². The highest BCUT2D eigenvalue weighted by Gasteiger charge is 2.08. The van der Waals surface area contributed by atoms with Crippen molar-refractivity contribution in [3.63, 3.8) is 0 Å². The van der Waals surface area contributed by atoms with Crippen molar-refractivity contribution in [1.29, 1.82) is 0 Å². The minimum atomic E-state index is -1.36. The van der Waals surface area contributed by atoms with E-state index in [1.54, 1.807) is 24.3 Å². The summed E-state index contributed by atoms with van der Waals surface area (Å²) in [7, 11) is 1.47. The number of hydrogen-bond acceptors (Lipinski definition) is 4. The second-order valence-corrected chi connectivity index (χ2v) is 6.04.